The van der Waals surface area contributed by atoms with Gasteiger partial charge in [-0.2, -0.15) is 0 Å². The molecule has 5 nitrogen and oxygen atoms in total. The molecule has 1 aromatic heterocycles. The molecule has 1 N–H and O–H groups in total. The van der Waals surface area contributed by atoms with Gasteiger partial charge in [0.1, 0.15) is 0 Å². The lowest BCUT2D eigenvalue weighted by molar-refractivity contribution is -0.120. The Balaban J connectivity index is 1.73. The summed E-state index contributed by atoms with van der Waals surface area (Å²) in [7, 11) is 1.67. The smallest absolute Gasteiger partial charge is 0.233 e. The molecule has 1 amide bonds. The third kappa shape index (κ3) is 5.25. The van der Waals surface area contributed by atoms with Crippen molar-refractivity contribution in [3.63, 3.8) is 0 Å². The predicted molar refractivity (Wildman–Crippen MR) is 120 cm³/mol. The van der Waals surface area contributed by atoms with Gasteiger partial charge >= 0.3 is 0 Å². The van der Waals surface area contributed by atoms with Crippen molar-refractivity contribution < 1.29 is 9.53 Å². The number of ether oxygens (including phenoxy) is 1. The summed E-state index contributed by atoms with van der Waals surface area (Å²) in [6, 6.07) is 13.0. The zero-order valence-corrected chi connectivity index (χ0v) is 18.8. The monoisotopic (exact) mass is 451 g/mol. The number of carbonyl (C=O) groups is 1. The summed E-state index contributed by atoms with van der Waals surface area (Å²) in [4.78, 5) is 17.5. The third-order valence-electron chi connectivity index (χ3n) is 4.58. The van der Waals surface area contributed by atoms with E-state index in [4.69, 9.17) is 32.9 Å². The zero-order valence-electron chi connectivity index (χ0n) is 16.5. The second-order valence-corrected chi connectivity index (χ2v) is 8.84. The molecule has 0 saturated heterocycles. The number of nitrogens with one attached hydrogen (secondary N) is 1. The number of halogens is 2. The molecule has 0 aliphatic rings. The molecule has 1 heterocycles. The van der Waals surface area contributed by atoms with Crippen molar-refractivity contribution in [1.82, 2.24) is 14.9 Å². The number of amides is 1. The molecular formula is C21H23Cl2N3O2S. The van der Waals surface area contributed by atoms with Crippen LogP contribution >= 0.6 is 35.0 Å². The van der Waals surface area contributed by atoms with E-state index in [1.54, 1.807) is 19.2 Å². The van der Waals surface area contributed by atoms with Crippen molar-refractivity contribution in [3.05, 3.63) is 58.1 Å². The van der Waals surface area contributed by atoms with Crippen LogP contribution < -0.4 is 5.32 Å². The summed E-state index contributed by atoms with van der Waals surface area (Å²) < 4.78 is 7.32. The van der Waals surface area contributed by atoms with Gasteiger partial charge < -0.3 is 14.6 Å². The number of nitrogens with zero attached hydrogens (tertiary/aromatic N) is 2. The van der Waals surface area contributed by atoms with Gasteiger partial charge in [-0.25, -0.2) is 4.98 Å². The van der Waals surface area contributed by atoms with Crippen LogP contribution in [0, 0.1) is 0 Å². The molecule has 2 aromatic carbocycles. The molecule has 0 spiro atoms. The number of hydrogen-bond donors (Lipinski definition) is 1. The Hall–Kier alpha value is -1.73. The van der Waals surface area contributed by atoms with Crippen LogP contribution in [-0.4, -0.2) is 34.4 Å². The normalized spacial score (nSPS) is 13.4. The Morgan fingerprint density at radius 2 is 2.00 bits per heavy atom. The lowest BCUT2D eigenvalue weighted by Crippen LogP contribution is -2.33. The summed E-state index contributed by atoms with van der Waals surface area (Å²) in [5, 5.41) is 4.59. The number of rotatable bonds is 8. The molecule has 8 heteroatoms. The molecule has 0 bridgehead atoms. The number of para-hydroxylation sites is 2. The molecule has 2 atom stereocenters. The molecule has 0 radical (unpaired) electrons. The highest BCUT2D eigenvalue weighted by Crippen LogP contribution is 2.29. The summed E-state index contributed by atoms with van der Waals surface area (Å²) in [6.45, 7) is 5.01. The number of hydrogen-bond acceptors (Lipinski definition) is 4. The first-order chi connectivity index (χ1) is 13.9. The number of thioether (sulfide) groups is 1. The van der Waals surface area contributed by atoms with Gasteiger partial charge in [-0.15, -0.1) is 0 Å². The predicted octanol–water partition coefficient (Wildman–Crippen LogP) is 5.35. The van der Waals surface area contributed by atoms with Crippen LogP contribution in [0.5, 0.6) is 0 Å². The quantitative estimate of drug-likeness (QED) is 0.469. The second kappa shape index (κ2) is 9.85. The van der Waals surface area contributed by atoms with Gasteiger partial charge in [-0.1, -0.05) is 53.2 Å². The molecule has 0 aliphatic carbocycles. The highest BCUT2D eigenvalue weighted by atomic mass is 35.5. The highest BCUT2D eigenvalue weighted by molar-refractivity contribution is 8.00. The van der Waals surface area contributed by atoms with Crippen LogP contribution in [0.4, 0.5) is 0 Å². The minimum absolute atomic E-state index is 0.0844. The number of aromatic nitrogens is 2. The average Bonchev–Trinajstić information content (AvgIpc) is 3.03. The van der Waals surface area contributed by atoms with E-state index in [0.29, 0.717) is 23.2 Å². The summed E-state index contributed by atoms with van der Waals surface area (Å²) in [5.41, 5.74) is 2.76. The number of methoxy groups -OCH3 is 1. The Bertz CT molecular complexity index is 1010. The lowest BCUT2D eigenvalue weighted by Gasteiger charge is -2.19. The van der Waals surface area contributed by atoms with Crippen molar-refractivity contribution in [1.29, 1.82) is 0 Å². The van der Waals surface area contributed by atoms with E-state index in [1.807, 2.05) is 44.2 Å². The molecule has 0 aliphatic heterocycles. The highest BCUT2D eigenvalue weighted by Gasteiger charge is 2.22. The van der Waals surface area contributed by atoms with Crippen LogP contribution in [-0.2, 0) is 16.1 Å². The molecule has 29 heavy (non-hydrogen) atoms. The minimum atomic E-state index is -0.332. The van der Waals surface area contributed by atoms with Crippen molar-refractivity contribution >= 4 is 51.9 Å². The van der Waals surface area contributed by atoms with E-state index in [-0.39, 0.29) is 17.2 Å². The Morgan fingerprint density at radius 1 is 1.24 bits per heavy atom. The molecule has 0 fully saturated rings. The van der Waals surface area contributed by atoms with Gasteiger partial charge in [-0.05, 0) is 43.7 Å². The summed E-state index contributed by atoms with van der Waals surface area (Å²) >= 11 is 13.7. The lowest BCUT2D eigenvalue weighted by atomic mass is 10.1. The average molecular weight is 452 g/mol. The number of carbonyl (C=O) groups excluding carboxylic acids is 1. The van der Waals surface area contributed by atoms with E-state index < -0.39 is 0 Å². The Labute approximate surface area is 184 Å². The fourth-order valence-corrected chi connectivity index (χ4v) is 4.55. The first-order valence-electron chi connectivity index (χ1n) is 9.27. The van der Waals surface area contributed by atoms with Crippen molar-refractivity contribution in [2.45, 2.75) is 36.8 Å². The standard InChI is InChI=1S/C21H23Cl2N3O2S/c1-13(16-9-8-15(22)12-17(16)23)24-20(27)14(2)29-21-25-18-6-4-5-7-19(18)26(21)10-11-28-3/h4-9,12-14H,10-11H2,1-3H3,(H,24,27). The van der Waals surface area contributed by atoms with E-state index in [1.165, 1.54) is 11.8 Å². The topological polar surface area (TPSA) is 56.1 Å². The van der Waals surface area contributed by atoms with Gasteiger partial charge in [0.05, 0.1) is 28.9 Å². The molecular weight excluding hydrogens is 429 g/mol. The van der Waals surface area contributed by atoms with Gasteiger partial charge in [0.2, 0.25) is 5.91 Å². The molecule has 3 rings (SSSR count). The van der Waals surface area contributed by atoms with E-state index in [9.17, 15) is 4.79 Å². The number of imidazole rings is 1. The molecule has 0 saturated carbocycles. The van der Waals surface area contributed by atoms with Crippen LogP contribution in [0.1, 0.15) is 25.5 Å². The van der Waals surface area contributed by atoms with Gasteiger partial charge in [0.25, 0.3) is 0 Å². The van der Waals surface area contributed by atoms with Gasteiger partial charge in [-0.3, -0.25) is 4.79 Å². The maximum absolute atomic E-state index is 12.8. The van der Waals surface area contributed by atoms with Gasteiger partial charge in [0.15, 0.2) is 5.16 Å². The van der Waals surface area contributed by atoms with Crippen LogP contribution in [0.3, 0.4) is 0 Å². The largest absolute Gasteiger partial charge is 0.383 e. The van der Waals surface area contributed by atoms with Crippen LogP contribution in [0.25, 0.3) is 11.0 Å². The van der Waals surface area contributed by atoms with Gasteiger partial charge in [0, 0.05) is 23.7 Å². The summed E-state index contributed by atoms with van der Waals surface area (Å²) in [5.74, 6) is -0.0844. The Morgan fingerprint density at radius 3 is 2.72 bits per heavy atom. The maximum Gasteiger partial charge on any atom is 0.233 e. The minimum Gasteiger partial charge on any atom is -0.383 e. The van der Waals surface area contributed by atoms with E-state index in [2.05, 4.69) is 9.88 Å². The van der Waals surface area contributed by atoms with E-state index >= 15 is 0 Å². The zero-order chi connectivity index (χ0) is 21.0. The third-order valence-corrected chi connectivity index (χ3v) is 6.23. The summed E-state index contributed by atoms with van der Waals surface area (Å²) in [6.07, 6.45) is 0. The fraction of sp³-hybridized carbons (Fsp3) is 0.333. The maximum atomic E-state index is 12.8. The first-order valence-corrected chi connectivity index (χ1v) is 10.9. The molecule has 2 unspecified atom stereocenters. The van der Waals surface area contributed by atoms with Crippen LogP contribution in [0.15, 0.2) is 47.6 Å². The first kappa shape index (κ1) is 22.0. The second-order valence-electron chi connectivity index (χ2n) is 6.68. The number of benzene rings is 2. The van der Waals surface area contributed by atoms with E-state index in [0.717, 1.165) is 21.8 Å². The van der Waals surface area contributed by atoms with Crippen molar-refractivity contribution in [2.75, 3.05) is 13.7 Å². The SMILES string of the molecule is COCCn1c(SC(C)C(=O)NC(C)c2ccc(Cl)cc2Cl)nc2ccccc21. The van der Waals surface area contributed by atoms with Crippen molar-refractivity contribution in [2.24, 2.45) is 0 Å². The molecule has 3 aromatic rings. The number of fused-ring (bicyclic) bond motifs is 1. The Kier molecular flexibility index (Phi) is 7.46. The molecule has 154 valence electrons. The fourth-order valence-electron chi connectivity index (χ4n) is 3.01. The van der Waals surface area contributed by atoms with Crippen LogP contribution in [0.2, 0.25) is 10.0 Å². The van der Waals surface area contributed by atoms with Crippen molar-refractivity contribution in [3.8, 4) is 0 Å².